The highest BCUT2D eigenvalue weighted by Crippen LogP contribution is 2.64. The number of aliphatic hydroxyl groups is 1. The van der Waals surface area contributed by atoms with Gasteiger partial charge in [0.2, 0.25) is 11.8 Å². The summed E-state index contributed by atoms with van der Waals surface area (Å²) in [5.74, 6) is -2.64. The summed E-state index contributed by atoms with van der Waals surface area (Å²) in [5.41, 5.74) is 9.47. The number of aromatic nitrogens is 2. The first-order valence-electron chi connectivity index (χ1n) is 14.2. The number of amides is 2. The molecule has 1 aliphatic heterocycles. The van der Waals surface area contributed by atoms with Gasteiger partial charge in [-0.05, 0) is 46.5 Å². The fourth-order valence-electron chi connectivity index (χ4n) is 7.26. The van der Waals surface area contributed by atoms with Crippen LogP contribution in [-0.2, 0) is 15.2 Å². The lowest BCUT2D eigenvalue weighted by Gasteiger charge is -2.36. The number of allylic oxidation sites excluding steroid dienone is 2. The lowest BCUT2D eigenvalue weighted by atomic mass is 9.71. The van der Waals surface area contributed by atoms with Crippen molar-refractivity contribution in [3.8, 4) is 0 Å². The molecule has 3 heterocycles. The predicted molar refractivity (Wildman–Crippen MR) is 158 cm³/mol. The van der Waals surface area contributed by atoms with Crippen LogP contribution in [0.5, 0.6) is 0 Å². The van der Waals surface area contributed by atoms with E-state index < -0.39 is 29.3 Å². The smallest absolute Gasteiger partial charge is 0.234 e. The molecule has 5 atom stereocenters. The Hall–Kier alpha value is -4.72. The molecule has 2 bridgehead atoms. The first-order valence-corrected chi connectivity index (χ1v) is 14.2. The van der Waals surface area contributed by atoms with Crippen LogP contribution < -0.4 is 5.73 Å². The molecule has 208 valence electrons. The second-order valence-electron chi connectivity index (χ2n) is 11.0. The van der Waals surface area contributed by atoms with Gasteiger partial charge < -0.3 is 10.8 Å². The van der Waals surface area contributed by atoms with Gasteiger partial charge in [-0.25, -0.2) is 0 Å². The molecule has 1 saturated carbocycles. The second-order valence-corrected chi connectivity index (χ2v) is 11.0. The Morgan fingerprint density at radius 2 is 1.45 bits per heavy atom. The van der Waals surface area contributed by atoms with E-state index in [1.807, 2.05) is 97.1 Å². The summed E-state index contributed by atoms with van der Waals surface area (Å²) in [7, 11) is 0. The van der Waals surface area contributed by atoms with E-state index in [-0.39, 0.29) is 24.9 Å². The lowest BCUT2D eigenvalue weighted by Crippen LogP contribution is -2.39. The first kappa shape index (κ1) is 26.2. The molecule has 7 nitrogen and oxygen atoms in total. The van der Waals surface area contributed by atoms with Gasteiger partial charge in [-0.3, -0.25) is 24.5 Å². The third-order valence-corrected chi connectivity index (χ3v) is 8.89. The first-order chi connectivity index (χ1) is 20.6. The molecule has 0 radical (unpaired) electrons. The quantitative estimate of drug-likeness (QED) is 0.264. The van der Waals surface area contributed by atoms with Crippen LogP contribution in [0.15, 0.2) is 127 Å². The number of likely N-dealkylation sites (tertiary alicyclic amines) is 1. The number of rotatable bonds is 7. The third kappa shape index (κ3) is 3.81. The molecule has 4 aromatic rings. The number of pyridine rings is 2. The average molecular weight is 555 g/mol. The van der Waals surface area contributed by atoms with Crippen molar-refractivity contribution in [1.29, 1.82) is 0 Å². The van der Waals surface area contributed by atoms with Crippen molar-refractivity contribution in [2.24, 2.45) is 29.4 Å². The van der Waals surface area contributed by atoms with E-state index >= 15 is 0 Å². The highest BCUT2D eigenvalue weighted by Gasteiger charge is 2.66. The Morgan fingerprint density at radius 1 is 0.810 bits per heavy atom. The molecule has 7 heteroatoms. The molecule has 2 aromatic carbocycles. The van der Waals surface area contributed by atoms with E-state index in [1.54, 1.807) is 18.5 Å². The highest BCUT2D eigenvalue weighted by atomic mass is 16.3. The molecule has 2 aromatic heterocycles. The van der Waals surface area contributed by atoms with Crippen LogP contribution in [-0.4, -0.2) is 44.9 Å². The zero-order valence-corrected chi connectivity index (χ0v) is 22.9. The van der Waals surface area contributed by atoms with Gasteiger partial charge in [0.05, 0.1) is 23.2 Å². The normalized spacial score (nSPS) is 25.3. The number of nitrogens with zero attached hydrogens (tertiary/aromatic N) is 3. The highest BCUT2D eigenvalue weighted by molar-refractivity contribution is 6.08. The number of fused-ring (bicyclic) bond motifs is 5. The van der Waals surface area contributed by atoms with Gasteiger partial charge >= 0.3 is 0 Å². The van der Waals surface area contributed by atoms with E-state index in [1.165, 1.54) is 4.90 Å². The molecule has 42 heavy (non-hydrogen) atoms. The number of hydrogen-bond acceptors (Lipinski definition) is 6. The minimum atomic E-state index is -1.63. The minimum Gasteiger partial charge on any atom is -0.375 e. The molecule has 2 amide bonds. The van der Waals surface area contributed by atoms with Gasteiger partial charge in [0.1, 0.15) is 0 Å². The number of hydrogen-bond donors (Lipinski definition) is 2. The van der Waals surface area contributed by atoms with Gasteiger partial charge in [0.25, 0.3) is 0 Å². The summed E-state index contributed by atoms with van der Waals surface area (Å²) in [4.78, 5) is 38.5. The van der Waals surface area contributed by atoms with Crippen LogP contribution in [0.1, 0.15) is 22.5 Å². The fraction of sp³-hybridized carbons (Fsp3) is 0.200. The van der Waals surface area contributed by atoms with Crippen molar-refractivity contribution in [3.63, 3.8) is 0 Å². The van der Waals surface area contributed by atoms with E-state index in [2.05, 4.69) is 4.98 Å². The Labute approximate surface area is 244 Å². The SMILES string of the molecule is NCCN1C(=O)[C@@H]2[C@@H]3C(C(O)(c4ccccc4)c4ccccn4)=C[C@@H](C3=C(c3ccccc3)c3ccccn3)[C@@H]2C1=O. The number of benzene rings is 2. The summed E-state index contributed by atoms with van der Waals surface area (Å²) in [6.45, 7) is 0.369. The van der Waals surface area contributed by atoms with Gasteiger partial charge in [-0.1, -0.05) is 78.9 Å². The van der Waals surface area contributed by atoms with Crippen LogP contribution in [0.4, 0.5) is 0 Å². The van der Waals surface area contributed by atoms with Gasteiger partial charge in [-0.2, -0.15) is 0 Å². The summed E-state index contributed by atoms with van der Waals surface area (Å²) in [5, 5.41) is 12.9. The predicted octanol–water partition coefficient (Wildman–Crippen LogP) is 3.96. The van der Waals surface area contributed by atoms with Gasteiger partial charge in [-0.15, -0.1) is 0 Å². The molecule has 1 saturated heterocycles. The van der Waals surface area contributed by atoms with Gasteiger partial charge in [0, 0.05) is 42.9 Å². The molecule has 7 rings (SSSR count). The van der Waals surface area contributed by atoms with E-state index in [4.69, 9.17) is 10.7 Å². The van der Waals surface area contributed by atoms with Crippen LogP contribution in [0, 0.1) is 23.7 Å². The maximum Gasteiger partial charge on any atom is 0.234 e. The van der Waals surface area contributed by atoms with Crippen molar-refractivity contribution in [2.75, 3.05) is 13.1 Å². The standard InChI is InChI=1S/C35H30N4O3/c36-17-20-39-33(40)30-24-21-25(35(42,23-13-5-2-6-14-23)27-16-8-10-19-38-27)31(32(30)34(39)41)29(24)28(22-11-3-1-4-12-22)26-15-7-9-18-37-26/h1-16,18-19,21,24,30-32,42H,17,20,36H2/t24-,30-,31+,32-,35?/m0/s1. The molecule has 3 aliphatic rings. The zero-order chi connectivity index (χ0) is 28.8. The Balaban J connectivity index is 1.52. The average Bonchev–Trinajstić information content (AvgIpc) is 3.66. The van der Waals surface area contributed by atoms with Crippen LogP contribution >= 0.6 is 0 Å². The number of imide groups is 1. The monoisotopic (exact) mass is 554 g/mol. The fourth-order valence-corrected chi connectivity index (χ4v) is 7.26. The molecular formula is C35H30N4O3. The van der Waals surface area contributed by atoms with Crippen molar-refractivity contribution >= 4 is 17.4 Å². The zero-order valence-electron chi connectivity index (χ0n) is 22.9. The van der Waals surface area contributed by atoms with Crippen LogP contribution in [0.3, 0.4) is 0 Å². The molecule has 2 aliphatic carbocycles. The third-order valence-electron chi connectivity index (χ3n) is 8.89. The largest absolute Gasteiger partial charge is 0.375 e. The van der Waals surface area contributed by atoms with Crippen LogP contribution in [0.25, 0.3) is 5.57 Å². The summed E-state index contributed by atoms with van der Waals surface area (Å²) >= 11 is 0. The topological polar surface area (TPSA) is 109 Å². The Bertz CT molecular complexity index is 1620. The molecule has 3 N–H and O–H groups in total. The van der Waals surface area contributed by atoms with Gasteiger partial charge in [0.15, 0.2) is 5.60 Å². The number of carbonyl (C=O) groups is 2. The Morgan fingerprint density at radius 3 is 2.10 bits per heavy atom. The molecule has 0 spiro atoms. The van der Waals surface area contributed by atoms with Crippen molar-refractivity contribution in [2.45, 2.75) is 5.60 Å². The maximum absolute atomic E-state index is 14.1. The molecular weight excluding hydrogens is 524 g/mol. The Kier molecular flexibility index (Phi) is 6.41. The molecule has 2 fully saturated rings. The van der Waals surface area contributed by atoms with Crippen molar-refractivity contribution in [1.82, 2.24) is 14.9 Å². The van der Waals surface area contributed by atoms with Crippen molar-refractivity contribution < 1.29 is 14.7 Å². The van der Waals surface area contributed by atoms with E-state index in [0.29, 0.717) is 16.8 Å². The van der Waals surface area contributed by atoms with Crippen LogP contribution in [0.2, 0.25) is 0 Å². The summed E-state index contributed by atoms with van der Waals surface area (Å²) in [6, 6.07) is 30.6. The van der Waals surface area contributed by atoms with Crippen molar-refractivity contribution in [3.05, 3.63) is 149 Å². The maximum atomic E-state index is 14.1. The summed E-state index contributed by atoms with van der Waals surface area (Å²) in [6.07, 6.45) is 5.43. The molecule has 1 unspecified atom stereocenters. The number of nitrogens with two attached hydrogens (primary N) is 1. The minimum absolute atomic E-state index is 0.174. The summed E-state index contributed by atoms with van der Waals surface area (Å²) < 4.78 is 0. The second kappa shape index (κ2) is 10.3. The van der Waals surface area contributed by atoms with E-state index in [0.717, 1.165) is 22.4 Å². The lowest BCUT2D eigenvalue weighted by molar-refractivity contribution is -0.140. The van der Waals surface area contributed by atoms with E-state index in [9.17, 15) is 14.7 Å². The number of carbonyl (C=O) groups excluding carboxylic acids is 2.